The van der Waals surface area contributed by atoms with Gasteiger partial charge >= 0.3 is 0 Å². The van der Waals surface area contributed by atoms with Crippen LogP contribution in [0.25, 0.3) is 0 Å². The highest BCUT2D eigenvalue weighted by molar-refractivity contribution is 5.36. The van der Waals surface area contributed by atoms with Crippen molar-refractivity contribution in [2.45, 2.75) is 79.4 Å². The van der Waals surface area contributed by atoms with E-state index in [1.54, 1.807) is 0 Å². The van der Waals surface area contributed by atoms with E-state index in [0.717, 1.165) is 25.7 Å². The van der Waals surface area contributed by atoms with E-state index in [9.17, 15) is 10.2 Å². The Morgan fingerprint density at radius 1 is 0.500 bits per heavy atom. The van der Waals surface area contributed by atoms with Crippen LogP contribution in [0, 0.1) is 10.8 Å². The second-order valence-electron chi connectivity index (χ2n) is 11.3. The van der Waals surface area contributed by atoms with Crippen LogP contribution in [-0.2, 0) is 0 Å². The number of aliphatic hydroxyl groups excluding tert-OH is 2. The molecule has 0 saturated carbocycles. The Balaban J connectivity index is 1.73. The molecule has 194 valence electrons. The molecule has 0 aromatic carbocycles. The first-order valence-electron chi connectivity index (χ1n) is 13.1. The predicted molar refractivity (Wildman–Crippen MR) is 157 cm³/mol. The molecule has 2 aliphatic carbocycles. The van der Waals surface area contributed by atoms with Crippen molar-refractivity contribution in [1.29, 1.82) is 0 Å². The van der Waals surface area contributed by atoms with Gasteiger partial charge in [0.15, 0.2) is 0 Å². The van der Waals surface area contributed by atoms with Crippen molar-refractivity contribution in [3.05, 3.63) is 120 Å². The molecule has 0 unspecified atom stereocenters. The standard InChI is InChI=1S/C34H46O2/c1-27-23-29(35)25-33(3,4)31(27)21-19-17-15-13-11-9-7-8-10-12-14-16-18-20-22-32-28(2)24-30(36)26-34(32,5)6/h7-22,29-30,35-36H,23-26H2,1-6H3/b9-7+,10-8+,13-11+,14-12+,17-15+,18-16+,21-19+,22-20+/t29-,30-/m1/s1. The number of aliphatic hydroxyl groups is 2. The van der Waals surface area contributed by atoms with Crippen molar-refractivity contribution in [2.75, 3.05) is 0 Å². The summed E-state index contributed by atoms with van der Waals surface area (Å²) >= 11 is 0. The molecular formula is C34H46O2. The summed E-state index contributed by atoms with van der Waals surface area (Å²) in [7, 11) is 0. The number of allylic oxidation sites excluding steroid dienone is 18. The maximum Gasteiger partial charge on any atom is 0.0585 e. The molecule has 0 radical (unpaired) electrons. The van der Waals surface area contributed by atoms with Crippen molar-refractivity contribution in [3.63, 3.8) is 0 Å². The second kappa shape index (κ2) is 14.2. The summed E-state index contributed by atoms with van der Waals surface area (Å²) in [4.78, 5) is 0. The van der Waals surface area contributed by atoms with Crippen LogP contribution in [0.3, 0.4) is 0 Å². The van der Waals surface area contributed by atoms with E-state index in [1.807, 2.05) is 72.9 Å². The first-order valence-corrected chi connectivity index (χ1v) is 13.1. The molecule has 0 aliphatic heterocycles. The van der Waals surface area contributed by atoms with Crippen LogP contribution in [0.5, 0.6) is 0 Å². The second-order valence-corrected chi connectivity index (χ2v) is 11.3. The van der Waals surface area contributed by atoms with E-state index < -0.39 is 0 Å². The third-order valence-electron chi connectivity index (χ3n) is 6.92. The summed E-state index contributed by atoms with van der Waals surface area (Å²) in [6, 6.07) is 0. The van der Waals surface area contributed by atoms with Crippen LogP contribution < -0.4 is 0 Å². The zero-order chi connectivity index (χ0) is 26.6. The van der Waals surface area contributed by atoms with Crippen molar-refractivity contribution in [2.24, 2.45) is 10.8 Å². The molecule has 0 bridgehead atoms. The van der Waals surface area contributed by atoms with Gasteiger partial charge in [0, 0.05) is 0 Å². The molecule has 0 aromatic rings. The highest BCUT2D eigenvalue weighted by Gasteiger charge is 2.32. The molecule has 36 heavy (non-hydrogen) atoms. The van der Waals surface area contributed by atoms with Gasteiger partial charge in [0.1, 0.15) is 0 Å². The Morgan fingerprint density at radius 2 is 0.750 bits per heavy atom. The Bertz CT molecular complexity index is 945. The molecule has 2 aliphatic rings. The molecule has 0 fully saturated rings. The van der Waals surface area contributed by atoms with Crippen LogP contribution in [0.1, 0.15) is 67.2 Å². The molecule has 2 N–H and O–H groups in total. The molecule has 2 rings (SSSR count). The van der Waals surface area contributed by atoms with Gasteiger partial charge in [0.25, 0.3) is 0 Å². The molecule has 2 atom stereocenters. The van der Waals surface area contributed by atoms with Crippen LogP contribution in [-0.4, -0.2) is 22.4 Å². The molecular weight excluding hydrogens is 440 g/mol. The highest BCUT2D eigenvalue weighted by atomic mass is 16.3. The summed E-state index contributed by atoms with van der Waals surface area (Å²) in [6.07, 6.45) is 35.5. The average Bonchev–Trinajstić information content (AvgIpc) is 2.75. The quantitative estimate of drug-likeness (QED) is 0.321. The summed E-state index contributed by atoms with van der Waals surface area (Å²) in [5.41, 5.74) is 5.29. The third-order valence-corrected chi connectivity index (χ3v) is 6.92. The van der Waals surface area contributed by atoms with E-state index in [4.69, 9.17) is 0 Å². The van der Waals surface area contributed by atoms with Gasteiger partial charge in [-0.15, -0.1) is 0 Å². The number of hydrogen-bond acceptors (Lipinski definition) is 2. The Morgan fingerprint density at radius 3 is 1.00 bits per heavy atom. The van der Waals surface area contributed by atoms with Gasteiger partial charge in [-0.3, -0.25) is 0 Å². The molecule has 0 spiro atoms. The lowest BCUT2D eigenvalue weighted by Gasteiger charge is -2.35. The van der Waals surface area contributed by atoms with Gasteiger partial charge in [0.2, 0.25) is 0 Å². The first kappa shape index (κ1) is 29.5. The van der Waals surface area contributed by atoms with Crippen LogP contribution in [0.4, 0.5) is 0 Å². The number of hydrogen-bond donors (Lipinski definition) is 2. The van der Waals surface area contributed by atoms with Gasteiger partial charge < -0.3 is 10.2 Å². The molecule has 0 amide bonds. The Labute approximate surface area is 219 Å². The van der Waals surface area contributed by atoms with Crippen LogP contribution in [0.15, 0.2) is 120 Å². The van der Waals surface area contributed by atoms with Crippen LogP contribution >= 0.6 is 0 Å². The fourth-order valence-corrected chi connectivity index (χ4v) is 5.43. The van der Waals surface area contributed by atoms with Crippen LogP contribution in [0.2, 0.25) is 0 Å². The van der Waals surface area contributed by atoms with E-state index in [0.29, 0.717) is 0 Å². The minimum atomic E-state index is -0.218. The summed E-state index contributed by atoms with van der Waals surface area (Å²) in [5, 5.41) is 20.0. The lowest BCUT2D eigenvalue weighted by molar-refractivity contribution is 0.116. The fourth-order valence-electron chi connectivity index (χ4n) is 5.43. The average molecular weight is 487 g/mol. The van der Waals surface area contributed by atoms with Crippen molar-refractivity contribution >= 4 is 0 Å². The van der Waals surface area contributed by atoms with Gasteiger partial charge in [-0.2, -0.15) is 0 Å². The zero-order valence-electron chi connectivity index (χ0n) is 23.1. The maximum absolute atomic E-state index is 10.00. The lowest BCUT2D eigenvalue weighted by atomic mass is 9.71. The Kier molecular flexibility index (Phi) is 11.6. The van der Waals surface area contributed by atoms with Crippen molar-refractivity contribution in [3.8, 4) is 0 Å². The first-order chi connectivity index (χ1) is 17.0. The van der Waals surface area contributed by atoms with Gasteiger partial charge in [-0.05, 0) is 61.5 Å². The largest absolute Gasteiger partial charge is 0.393 e. The molecule has 2 nitrogen and oxygen atoms in total. The molecule has 0 saturated heterocycles. The minimum absolute atomic E-state index is 0.0201. The predicted octanol–water partition coefficient (Wildman–Crippen LogP) is 8.43. The topological polar surface area (TPSA) is 40.5 Å². The minimum Gasteiger partial charge on any atom is -0.393 e. The summed E-state index contributed by atoms with van der Waals surface area (Å²) in [6.45, 7) is 13.1. The fraction of sp³-hybridized carbons (Fsp3) is 0.412. The van der Waals surface area contributed by atoms with Gasteiger partial charge in [0.05, 0.1) is 12.2 Å². The highest BCUT2D eigenvalue weighted by Crippen LogP contribution is 2.41. The van der Waals surface area contributed by atoms with E-state index >= 15 is 0 Å². The molecule has 0 heterocycles. The molecule has 2 heteroatoms. The summed E-state index contributed by atoms with van der Waals surface area (Å²) < 4.78 is 0. The van der Waals surface area contributed by atoms with Gasteiger partial charge in [-0.1, -0.05) is 136 Å². The molecule has 0 aromatic heterocycles. The SMILES string of the molecule is CC1=C(/C=C/C=C/C=C/C=C/C=C/C=C/C=C/C=C/C2=C(C)C[C@@H](O)CC2(C)C)C(C)(C)C[C@H](O)C1. The van der Waals surface area contributed by atoms with Gasteiger partial charge in [-0.25, -0.2) is 0 Å². The zero-order valence-corrected chi connectivity index (χ0v) is 23.1. The Hall–Kier alpha value is -2.68. The lowest BCUT2D eigenvalue weighted by Crippen LogP contribution is -2.28. The smallest absolute Gasteiger partial charge is 0.0585 e. The summed E-state index contributed by atoms with van der Waals surface area (Å²) in [5.74, 6) is 0. The third kappa shape index (κ3) is 9.76. The normalized spacial score (nSPS) is 25.8. The van der Waals surface area contributed by atoms with Crippen molar-refractivity contribution < 1.29 is 10.2 Å². The monoisotopic (exact) mass is 486 g/mol. The maximum atomic E-state index is 10.00. The van der Waals surface area contributed by atoms with E-state index in [2.05, 4.69) is 65.8 Å². The van der Waals surface area contributed by atoms with Crippen molar-refractivity contribution in [1.82, 2.24) is 0 Å². The van der Waals surface area contributed by atoms with E-state index in [1.165, 1.54) is 22.3 Å². The number of rotatable bonds is 9. The van der Waals surface area contributed by atoms with E-state index in [-0.39, 0.29) is 23.0 Å².